The third-order valence-corrected chi connectivity index (χ3v) is 4.00. The molecule has 0 saturated heterocycles. The Morgan fingerprint density at radius 2 is 2.05 bits per heavy atom. The molecule has 1 aromatic carbocycles. The van der Waals surface area contributed by atoms with Crippen LogP contribution in [0.3, 0.4) is 0 Å². The van der Waals surface area contributed by atoms with Gasteiger partial charge in [-0.3, -0.25) is 4.99 Å². The molecule has 0 atom stereocenters. The van der Waals surface area contributed by atoms with Crippen LogP contribution in [0.4, 0.5) is 4.39 Å². The fourth-order valence-corrected chi connectivity index (χ4v) is 2.62. The van der Waals surface area contributed by atoms with Gasteiger partial charge in [0.15, 0.2) is 5.96 Å². The van der Waals surface area contributed by atoms with Gasteiger partial charge < -0.3 is 10.6 Å². The van der Waals surface area contributed by atoms with E-state index in [9.17, 15) is 4.39 Å². The molecule has 0 aromatic heterocycles. The molecule has 0 unspecified atom stereocenters. The van der Waals surface area contributed by atoms with Crippen molar-refractivity contribution in [1.82, 2.24) is 10.6 Å². The van der Waals surface area contributed by atoms with E-state index in [-0.39, 0.29) is 11.2 Å². The first-order chi connectivity index (χ1) is 9.70. The van der Waals surface area contributed by atoms with E-state index in [2.05, 4.69) is 22.2 Å². The standard InChI is InChI=1S/C16H22FN3/c1-3-11-19-15(18-2)20-12-16(9-4-10-16)13-5-7-14(17)8-6-13/h3,5-8H,1,4,9-12H2,2H3,(H2,18,19,20). The highest BCUT2D eigenvalue weighted by Gasteiger charge is 2.38. The van der Waals surface area contributed by atoms with E-state index in [4.69, 9.17) is 0 Å². The van der Waals surface area contributed by atoms with E-state index in [1.807, 2.05) is 12.1 Å². The van der Waals surface area contributed by atoms with Gasteiger partial charge in [-0.25, -0.2) is 4.39 Å². The summed E-state index contributed by atoms with van der Waals surface area (Å²) < 4.78 is 13.1. The van der Waals surface area contributed by atoms with Crippen LogP contribution in [0.2, 0.25) is 0 Å². The van der Waals surface area contributed by atoms with Crippen molar-refractivity contribution in [1.29, 1.82) is 0 Å². The van der Waals surface area contributed by atoms with E-state index < -0.39 is 0 Å². The summed E-state index contributed by atoms with van der Waals surface area (Å²) in [5.41, 5.74) is 1.32. The van der Waals surface area contributed by atoms with Gasteiger partial charge >= 0.3 is 0 Å². The average Bonchev–Trinajstić information content (AvgIpc) is 2.42. The molecule has 0 heterocycles. The fraction of sp³-hybridized carbons (Fsp3) is 0.438. The molecule has 20 heavy (non-hydrogen) atoms. The second-order valence-electron chi connectivity index (χ2n) is 5.24. The van der Waals surface area contributed by atoms with Crippen LogP contribution in [-0.4, -0.2) is 26.1 Å². The maximum atomic E-state index is 13.1. The van der Waals surface area contributed by atoms with Gasteiger partial charge in [0.2, 0.25) is 0 Å². The van der Waals surface area contributed by atoms with Crippen LogP contribution < -0.4 is 10.6 Å². The number of hydrogen-bond acceptors (Lipinski definition) is 1. The lowest BCUT2D eigenvalue weighted by atomic mass is 9.64. The number of nitrogens with one attached hydrogen (secondary N) is 2. The molecule has 3 nitrogen and oxygen atoms in total. The van der Waals surface area contributed by atoms with Crippen LogP contribution in [0.25, 0.3) is 0 Å². The van der Waals surface area contributed by atoms with Crippen molar-refractivity contribution in [3.05, 3.63) is 48.3 Å². The summed E-state index contributed by atoms with van der Waals surface area (Å²) >= 11 is 0. The number of halogens is 1. The number of guanidine groups is 1. The molecule has 1 aliphatic carbocycles. The van der Waals surface area contributed by atoms with Crippen LogP contribution in [0.5, 0.6) is 0 Å². The highest BCUT2D eigenvalue weighted by Crippen LogP contribution is 2.43. The number of nitrogens with zero attached hydrogens (tertiary/aromatic N) is 1. The molecule has 1 aromatic rings. The molecule has 1 aliphatic rings. The van der Waals surface area contributed by atoms with E-state index in [1.165, 1.54) is 12.0 Å². The molecular weight excluding hydrogens is 253 g/mol. The zero-order valence-electron chi connectivity index (χ0n) is 12.0. The first-order valence-corrected chi connectivity index (χ1v) is 7.02. The maximum absolute atomic E-state index is 13.1. The Morgan fingerprint density at radius 3 is 2.55 bits per heavy atom. The highest BCUT2D eigenvalue weighted by molar-refractivity contribution is 5.79. The summed E-state index contributed by atoms with van der Waals surface area (Å²) in [5.74, 6) is 0.595. The Kier molecular flexibility index (Phi) is 4.77. The van der Waals surface area contributed by atoms with Crippen molar-refractivity contribution >= 4 is 5.96 Å². The van der Waals surface area contributed by atoms with E-state index >= 15 is 0 Å². The Labute approximate surface area is 120 Å². The number of hydrogen-bond donors (Lipinski definition) is 2. The van der Waals surface area contributed by atoms with Crippen molar-refractivity contribution in [2.45, 2.75) is 24.7 Å². The van der Waals surface area contributed by atoms with Gasteiger partial charge in [0.25, 0.3) is 0 Å². The monoisotopic (exact) mass is 275 g/mol. The highest BCUT2D eigenvalue weighted by atomic mass is 19.1. The molecule has 2 N–H and O–H groups in total. The molecule has 4 heteroatoms. The van der Waals surface area contributed by atoms with Gasteiger partial charge in [-0.05, 0) is 30.5 Å². The second-order valence-corrected chi connectivity index (χ2v) is 5.24. The average molecular weight is 275 g/mol. The number of benzene rings is 1. The minimum absolute atomic E-state index is 0.111. The zero-order valence-corrected chi connectivity index (χ0v) is 12.0. The maximum Gasteiger partial charge on any atom is 0.191 e. The predicted molar refractivity (Wildman–Crippen MR) is 81.5 cm³/mol. The van der Waals surface area contributed by atoms with E-state index in [0.29, 0.717) is 6.54 Å². The lowest BCUT2D eigenvalue weighted by Crippen LogP contribution is -2.48. The Hall–Kier alpha value is -1.84. The molecule has 1 saturated carbocycles. The molecular formula is C16H22FN3. The molecule has 108 valence electrons. The van der Waals surface area contributed by atoms with Gasteiger partial charge in [-0.1, -0.05) is 24.6 Å². The molecule has 2 rings (SSSR count). The molecule has 1 fully saturated rings. The van der Waals surface area contributed by atoms with Gasteiger partial charge in [0, 0.05) is 25.6 Å². The molecule has 0 bridgehead atoms. The normalized spacial score (nSPS) is 17.2. The quantitative estimate of drug-likeness (QED) is 0.492. The Balaban J connectivity index is 2.01. The Bertz CT molecular complexity index is 475. The fourth-order valence-electron chi connectivity index (χ4n) is 2.62. The van der Waals surface area contributed by atoms with E-state index in [0.717, 1.165) is 25.3 Å². The lowest BCUT2D eigenvalue weighted by molar-refractivity contribution is 0.243. The summed E-state index contributed by atoms with van der Waals surface area (Å²) in [6, 6.07) is 6.88. The molecule has 0 spiro atoms. The number of rotatable bonds is 5. The predicted octanol–water partition coefficient (Wildman–Crippen LogP) is 2.60. The van der Waals surface area contributed by atoms with Crippen molar-refractivity contribution in [2.24, 2.45) is 4.99 Å². The van der Waals surface area contributed by atoms with E-state index in [1.54, 1.807) is 25.3 Å². The molecule has 0 radical (unpaired) electrons. The smallest absolute Gasteiger partial charge is 0.191 e. The summed E-state index contributed by atoms with van der Waals surface area (Å²) in [6.07, 6.45) is 5.28. The SMILES string of the molecule is C=CCNC(=NC)NCC1(c2ccc(F)cc2)CCC1. The minimum atomic E-state index is -0.181. The van der Waals surface area contributed by atoms with Crippen molar-refractivity contribution in [3.63, 3.8) is 0 Å². The van der Waals surface area contributed by atoms with Crippen LogP contribution in [0, 0.1) is 5.82 Å². The first-order valence-electron chi connectivity index (χ1n) is 7.02. The third kappa shape index (κ3) is 3.18. The zero-order chi connectivity index (χ0) is 14.4. The topological polar surface area (TPSA) is 36.4 Å². The van der Waals surface area contributed by atoms with Gasteiger partial charge in [-0.15, -0.1) is 6.58 Å². The summed E-state index contributed by atoms with van der Waals surface area (Å²) in [7, 11) is 1.75. The first kappa shape index (κ1) is 14.6. The van der Waals surface area contributed by atoms with Crippen molar-refractivity contribution in [2.75, 3.05) is 20.1 Å². The third-order valence-electron chi connectivity index (χ3n) is 4.00. The van der Waals surface area contributed by atoms with Gasteiger partial charge in [0.1, 0.15) is 5.82 Å². The van der Waals surface area contributed by atoms with Crippen molar-refractivity contribution < 1.29 is 4.39 Å². The summed E-state index contributed by atoms with van der Waals surface area (Å²) in [5, 5.41) is 6.52. The second kappa shape index (κ2) is 6.55. The Morgan fingerprint density at radius 1 is 1.35 bits per heavy atom. The van der Waals surface area contributed by atoms with Crippen LogP contribution in [-0.2, 0) is 5.41 Å². The van der Waals surface area contributed by atoms with Crippen molar-refractivity contribution in [3.8, 4) is 0 Å². The largest absolute Gasteiger partial charge is 0.356 e. The molecule has 0 amide bonds. The lowest BCUT2D eigenvalue weighted by Gasteiger charge is -2.43. The number of aliphatic imine (C=N–C) groups is 1. The molecule has 0 aliphatic heterocycles. The summed E-state index contributed by atoms with van der Waals surface area (Å²) in [4.78, 5) is 4.18. The minimum Gasteiger partial charge on any atom is -0.356 e. The van der Waals surface area contributed by atoms with Crippen LogP contribution in [0.1, 0.15) is 24.8 Å². The van der Waals surface area contributed by atoms with Gasteiger partial charge in [0.05, 0.1) is 0 Å². The van der Waals surface area contributed by atoms with Crippen LogP contribution in [0.15, 0.2) is 41.9 Å². The van der Waals surface area contributed by atoms with Crippen LogP contribution >= 0.6 is 0 Å². The summed E-state index contributed by atoms with van der Waals surface area (Å²) in [6.45, 7) is 5.18. The van der Waals surface area contributed by atoms with Gasteiger partial charge in [-0.2, -0.15) is 0 Å².